The van der Waals surface area contributed by atoms with Crippen LogP contribution in [0.2, 0.25) is 0 Å². The molecule has 1 aliphatic carbocycles. The van der Waals surface area contributed by atoms with Crippen molar-refractivity contribution in [3.63, 3.8) is 0 Å². The normalized spacial score (nSPS) is 17.5. The molecule has 3 aromatic rings. The molecule has 1 aromatic carbocycles. The monoisotopic (exact) mass is 415 g/mol. The van der Waals surface area contributed by atoms with Crippen LogP contribution in [0.25, 0.3) is 10.2 Å². The first-order valence-corrected chi connectivity index (χ1v) is 10.9. The molecule has 0 amide bonds. The zero-order valence-corrected chi connectivity index (χ0v) is 17.8. The van der Waals surface area contributed by atoms with Crippen LogP contribution >= 0.6 is 11.3 Å². The lowest BCUT2D eigenvalue weighted by molar-refractivity contribution is 0.196. The van der Waals surface area contributed by atoms with Gasteiger partial charge < -0.3 is 9.72 Å². The standard InChI is InChI=1S/C22H26FN3O2S/c1-13-7-8-17-18(11-13)29-22-19(17)21(27)24-20(25-22)14(2)26(3)9-10-28-16-6-4-5-15(23)12-16/h4-6,12-14H,7-11H2,1-3H3,(H,24,25,27). The first-order chi connectivity index (χ1) is 13.9. The van der Waals surface area contributed by atoms with Crippen LogP contribution in [0.3, 0.4) is 0 Å². The Morgan fingerprint density at radius 2 is 2.28 bits per heavy atom. The van der Waals surface area contributed by atoms with E-state index in [1.807, 2.05) is 14.0 Å². The van der Waals surface area contributed by atoms with Crippen molar-refractivity contribution in [2.24, 2.45) is 5.92 Å². The van der Waals surface area contributed by atoms with Crippen LogP contribution in [0.1, 0.15) is 42.6 Å². The summed E-state index contributed by atoms with van der Waals surface area (Å²) >= 11 is 1.67. The molecule has 0 saturated heterocycles. The average Bonchev–Trinajstić information content (AvgIpc) is 3.05. The van der Waals surface area contributed by atoms with Crippen LogP contribution in [0.4, 0.5) is 4.39 Å². The van der Waals surface area contributed by atoms with Gasteiger partial charge in [-0.2, -0.15) is 0 Å². The summed E-state index contributed by atoms with van der Waals surface area (Å²) < 4.78 is 18.9. The summed E-state index contributed by atoms with van der Waals surface area (Å²) in [6, 6.07) is 6.06. The molecule has 29 heavy (non-hydrogen) atoms. The molecule has 2 unspecified atom stereocenters. The second-order valence-electron chi connectivity index (χ2n) is 7.95. The van der Waals surface area contributed by atoms with Crippen LogP contribution in [0.15, 0.2) is 29.1 Å². The second kappa shape index (κ2) is 8.24. The van der Waals surface area contributed by atoms with Crippen molar-refractivity contribution in [3.8, 4) is 5.75 Å². The van der Waals surface area contributed by atoms with Crippen molar-refractivity contribution in [2.75, 3.05) is 20.2 Å². The number of rotatable bonds is 6. The lowest BCUT2D eigenvalue weighted by Crippen LogP contribution is -2.29. The molecular formula is C22H26FN3O2S. The third-order valence-corrected chi connectivity index (χ3v) is 6.90. The van der Waals surface area contributed by atoms with Crippen molar-refractivity contribution in [1.82, 2.24) is 14.9 Å². The Balaban J connectivity index is 1.47. The molecule has 2 atom stereocenters. The number of ether oxygens (including phenoxy) is 1. The maximum absolute atomic E-state index is 13.2. The minimum Gasteiger partial charge on any atom is -0.492 e. The summed E-state index contributed by atoms with van der Waals surface area (Å²) in [5.41, 5.74) is 1.17. The molecule has 0 aliphatic heterocycles. The fourth-order valence-corrected chi connectivity index (χ4v) is 5.22. The number of likely N-dealkylation sites (N-methyl/N-ethyl adjacent to an activating group) is 1. The van der Waals surface area contributed by atoms with E-state index in [4.69, 9.17) is 9.72 Å². The molecule has 4 rings (SSSR count). The fraction of sp³-hybridized carbons (Fsp3) is 0.455. The largest absolute Gasteiger partial charge is 0.492 e. The number of benzene rings is 1. The zero-order chi connectivity index (χ0) is 20.5. The van der Waals surface area contributed by atoms with Gasteiger partial charge in [-0.3, -0.25) is 9.69 Å². The molecule has 1 N–H and O–H groups in total. The first kappa shape index (κ1) is 20.0. The molecule has 154 valence electrons. The third-order valence-electron chi connectivity index (χ3n) is 5.75. The number of nitrogens with one attached hydrogen (secondary N) is 1. The number of hydrogen-bond donors (Lipinski definition) is 1. The molecule has 2 heterocycles. The molecule has 2 aromatic heterocycles. The van der Waals surface area contributed by atoms with E-state index in [-0.39, 0.29) is 17.4 Å². The molecule has 0 fully saturated rings. The Labute approximate surface area is 173 Å². The van der Waals surface area contributed by atoms with E-state index in [1.54, 1.807) is 23.5 Å². The molecular weight excluding hydrogens is 389 g/mol. The highest BCUT2D eigenvalue weighted by Gasteiger charge is 2.24. The summed E-state index contributed by atoms with van der Waals surface area (Å²) in [5, 5.41) is 0.782. The zero-order valence-electron chi connectivity index (χ0n) is 17.0. The SMILES string of the molecule is CC1CCc2c(sc3nc(C(C)N(C)CCOc4cccc(F)c4)[nH]c(=O)c23)C1. The van der Waals surface area contributed by atoms with Gasteiger partial charge in [0.05, 0.1) is 11.4 Å². The quantitative estimate of drug-likeness (QED) is 0.651. The van der Waals surface area contributed by atoms with E-state index in [0.717, 1.165) is 29.5 Å². The van der Waals surface area contributed by atoms with Gasteiger partial charge in [-0.1, -0.05) is 13.0 Å². The average molecular weight is 416 g/mol. The van der Waals surface area contributed by atoms with Crippen molar-refractivity contribution in [1.29, 1.82) is 0 Å². The number of aromatic amines is 1. The topological polar surface area (TPSA) is 58.2 Å². The van der Waals surface area contributed by atoms with Crippen LogP contribution in [0, 0.1) is 11.7 Å². The summed E-state index contributed by atoms with van der Waals surface area (Å²) in [5.74, 6) is 1.53. The Kier molecular flexibility index (Phi) is 5.69. The number of hydrogen-bond acceptors (Lipinski definition) is 5. The smallest absolute Gasteiger partial charge is 0.259 e. The maximum Gasteiger partial charge on any atom is 0.259 e. The Hall–Kier alpha value is -2.25. The number of thiophene rings is 1. The van der Waals surface area contributed by atoms with Gasteiger partial charge >= 0.3 is 0 Å². The van der Waals surface area contributed by atoms with Crippen LogP contribution in [-0.2, 0) is 12.8 Å². The first-order valence-electron chi connectivity index (χ1n) is 10.1. The third kappa shape index (κ3) is 4.21. The number of aromatic nitrogens is 2. The van der Waals surface area contributed by atoms with Crippen molar-refractivity contribution in [2.45, 2.75) is 39.2 Å². The highest BCUT2D eigenvalue weighted by atomic mass is 32.1. The van der Waals surface area contributed by atoms with Gasteiger partial charge in [-0.05, 0) is 56.8 Å². The van der Waals surface area contributed by atoms with E-state index >= 15 is 0 Å². The van der Waals surface area contributed by atoms with Gasteiger partial charge in [0.15, 0.2) is 0 Å². The van der Waals surface area contributed by atoms with Crippen LogP contribution in [0.5, 0.6) is 5.75 Å². The number of H-pyrrole nitrogens is 1. The van der Waals surface area contributed by atoms with E-state index in [2.05, 4.69) is 16.8 Å². The summed E-state index contributed by atoms with van der Waals surface area (Å²) in [4.78, 5) is 24.8. The highest BCUT2D eigenvalue weighted by molar-refractivity contribution is 7.18. The molecule has 5 nitrogen and oxygen atoms in total. The van der Waals surface area contributed by atoms with Gasteiger partial charge in [0.1, 0.15) is 28.8 Å². The molecule has 0 saturated carbocycles. The minimum atomic E-state index is -0.313. The van der Waals surface area contributed by atoms with Crippen LogP contribution < -0.4 is 10.3 Å². The van der Waals surface area contributed by atoms with E-state index in [9.17, 15) is 9.18 Å². The number of nitrogens with zero attached hydrogens (tertiary/aromatic N) is 2. The van der Waals surface area contributed by atoms with Gasteiger partial charge in [0.2, 0.25) is 0 Å². The molecule has 7 heteroatoms. The van der Waals surface area contributed by atoms with Gasteiger partial charge in [0.25, 0.3) is 5.56 Å². The van der Waals surface area contributed by atoms with E-state index in [0.29, 0.717) is 30.6 Å². The minimum absolute atomic E-state index is 0.0340. The summed E-state index contributed by atoms with van der Waals surface area (Å²) in [6.45, 7) is 5.32. The molecule has 1 aliphatic rings. The van der Waals surface area contributed by atoms with Crippen molar-refractivity contribution in [3.05, 3.63) is 56.7 Å². The Bertz CT molecular complexity index is 1080. The predicted octanol–water partition coefficient (Wildman–Crippen LogP) is 4.32. The lowest BCUT2D eigenvalue weighted by Gasteiger charge is -2.23. The lowest BCUT2D eigenvalue weighted by atomic mass is 9.89. The van der Waals surface area contributed by atoms with Crippen molar-refractivity contribution < 1.29 is 9.13 Å². The van der Waals surface area contributed by atoms with Crippen LogP contribution in [-0.4, -0.2) is 35.1 Å². The van der Waals surface area contributed by atoms with Gasteiger partial charge in [-0.15, -0.1) is 11.3 Å². The fourth-order valence-electron chi connectivity index (χ4n) is 3.83. The predicted molar refractivity (Wildman–Crippen MR) is 114 cm³/mol. The number of aryl methyl sites for hydroxylation is 1. The van der Waals surface area contributed by atoms with Gasteiger partial charge in [0, 0.05) is 17.5 Å². The summed E-state index contributed by atoms with van der Waals surface area (Å²) in [6.07, 6.45) is 3.13. The van der Waals surface area contributed by atoms with E-state index in [1.165, 1.54) is 22.6 Å². The molecule has 0 radical (unpaired) electrons. The Morgan fingerprint density at radius 3 is 3.07 bits per heavy atom. The molecule has 0 bridgehead atoms. The number of halogens is 1. The summed E-state index contributed by atoms with van der Waals surface area (Å²) in [7, 11) is 1.96. The molecule has 0 spiro atoms. The second-order valence-corrected chi connectivity index (χ2v) is 9.03. The van der Waals surface area contributed by atoms with E-state index < -0.39 is 0 Å². The Morgan fingerprint density at radius 1 is 1.45 bits per heavy atom. The number of fused-ring (bicyclic) bond motifs is 3. The van der Waals surface area contributed by atoms with Gasteiger partial charge in [-0.25, -0.2) is 9.37 Å². The highest BCUT2D eigenvalue weighted by Crippen LogP contribution is 2.36. The maximum atomic E-state index is 13.2. The van der Waals surface area contributed by atoms with Crippen molar-refractivity contribution >= 4 is 21.6 Å².